The maximum absolute atomic E-state index is 12.8. The van der Waals surface area contributed by atoms with E-state index < -0.39 is 27.8 Å². The van der Waals surface area contributed by atoms with E-state index in [1.54, 1.807) is 6.92 Å². The molecule has 7 heteroatoms. The molecule has 0 saturated carbocycles. The van der Waals surface area contributed by atoms with E-state index in [1.807, 2.05) is 0 Å². The summed E-state index contributed by atoms with van der Waals surface area (Å²) in [6, 6.07) is 7.38. The molecule has 1 aromatic carbocycles. The Morgan fingerprint density at radius 1 is 1.24 bits per heavy atom. The zero-order chi connectivity index (χ0) is 15.6. The molecule has 2 rings (SSSR count). The smallest absolute Gasteiger partial charge is 0.299 e. The van der Waals surface area contributed by atoms with Gasteiger partial charge in [-0.15, -0.1) is 0 Å². The van der Waals surface area contributed by atoms with Crippen molar-refractivity contribution < 1.29 is 14.1 Å². The largest absolute Gasteiger partial charge is 0.334 e. The molecule has 108 valence electrons. The first-order chi connectivity index (χ1) is 9.90. The lowest BCUT2D eigenvalue weighted by molar-refractivity contribution is -0.386. The highest BCUT2D eigenvalue weighted by molar-refractivity contribution is 5.95. The number of hydrogen-bond acceptors (Lipinski definition) is 4. The summed E-state index contributed by atoms with van der Waals surface area (Å²) in [5, 5.41) is 10.7. The van der Waals surface area contributed by atoms with Crippen molar-refractivity contribution in [1.29, 1.82) is 0 Å². The van der Waals surface area contributed by atoms with Crippen molar-refractivity contribution in [3.63, 3.8) is 0 Å². The normalized spacial score (nSPS) is 10.4. The summed E-state index contributed by atoms with van der Waals surface area (Å²) >= 11 is 0. The number of rotatable bonds is 4. The van der Waals surface area contributed by atoms with Crippen LogP contribution in [0.3, 0.4) is 0 Å². The van der Waals surface area contributed by atoms with E-state index in [2.05, 4.69) is 0 Å². The minimum atomic E-state index is -0.838. The van der Waals surface area contributed by atoms with E-state index in [0.29, 0.717) is 5.69 Å². The van der Waals surface area contributed by atoms with Gasteiger partial charge in [0.1, 0.15) is 5.82 Å². The van der Waals surface area contributed by atoms with Gasteiger partial charge in [-0.05, 0) is 37.3 Å². The molecule has 2 aromatic rings. The highest BCUT2D eigenvalue weighted by atomic mass is 19.1. The fourth-order valence-electron chi connectivity index (χ4n) is 1.87. The Morgan fingerprint density at radius 2 is 1.86 bits per heavy atom. The number of hydrogen-bond donors (Lipinski definition) is 0. The van der Waals surface area contributed by atoms with Crippen LogP contribution in [0.15, 0.2) is 41.2 Å². The molecule has 21 heavy (non-hydrogen) atoms. The molecule has 1 heterocycles. The van der Waals surface area contributed by atoms with Crippen molar-refractivity contribution in [2.24, 2.45) is 0 Å². The Kier molecular flexibility index (Phi) is 3.93. The minimum Gasteiger partial charge on any atom is -0.299 e. The Morgan fingerprint density at radius 3 is 2.43 bits per heavy atom. The van der Waals surface area contributed by atoms with Crippen LogP contribution in [0.25, 0.3) is 0 Å². The first kappa shape index (κ1) is 14.6. The van der Waals surface area contributed by atoms with Gasteiger partial charge in [0.15, 0.2) is 5.78 Å². The predicted molar refractivity (Wildman–Crippen MR) is 72.8 cm³/mol. The zero-order valence-electron chi connectivity index (χ0n) is 11.1. The number of halogens is 1. The van der Waals surface area contributed by atoms with E-state index >= 15 is 0 Å². The van der Waals surface area contributed by atoms with Crippen LogP contribution in [0.5, 0.6) is 0 Å². The summed E-state index contributed by atoms with van der Waals surface area (Å²) in [6.45, 7) is 1.24. The van der Waals surface area contributed by atoms with Crippen LogP contribution in [0.1, 0.15) is 16.1 Å². The Hall–Kier alpha value is -2.83. The molecular formula is C14H11FN2O4. The predicted octanol–water partition coefficient (Wildman–Crippen LogP) is 2.09. The Balaban J connectivity index is 2.37. The fourth-order valence-corrected chi connectivity index (χ4v) is 1.87. The minimum absolute atomic E-state index is 0.231. The molecule has 0 radical (unpaired) electrons. The molecule has 0 amide bonds. The van der Waals surface area contributed by atoms with Crippen molar-refractivity contribution in [1.82, 2.24) is 4.57 Å². The summed E-state index contributed by atoms with van der Waals surface area (Å²) in [7, 11) is 0. The number of carbonyl (C=O) groups is 1. The lowest BCUT2D eigenvalue weighted by Gasteiger charge is -2.08. The SMILES string of the molecule is Cc1ccc([N+](=O)[O-])c(=O)n1CC(=O)c1ccc(F)cc1. The van der Waals surface area contributed by atoms with E-state index in [1.165, 1.54) is 18.2 Å². The summed E-state index contributed by atoms with van der Waals surface area (Å²) in [5.41, 5.74) is -0.766. The van der Waals surface area contributed by atoms with Gasteiger partial charge in [-0.1, -0.05) is 0 Å². The van der Waals surface area contributed by atoms with E-state index in [0.717, 1.165) is 22.8 Å². The summed E-state index contributed by atoms with van der Waals surface area (Å²) in [5.74, 6) is -0.907. The third-order valence-corrected chi connectivity index (χ3v) is 3.04. The second-order valence-electron chi connectivity index (χ2n) is 4.44. The molecule has 0 saturated heterocycles. The van der Waals surface area contributed by atoms with Crippen LogP contribution < -0.4 is 5.56 Å². The third kappa shape index (κ3) is 3.02. The number of aromatic nitrogens is 1. The molecule has 0 fully saturated rings. The first-order valence-electron chi connectivity index (χ1n) is 6.04. The van der Waals surface area contributed by atoms with Gasteiger partial charge in [-0.25, -0.2) is 4.39 Å². The molecule has 0 bridgehead atoms. The molecule has 0 N–H and O–H groups in total. The number of ketones is 1. The quantitative estimate of drug-likeness (QED) is 0.490. The number of Topliss-reactive ketones (excluding diaryl/α,β-unsaturated/α-hetero) is 1. The lowest BCUT2D eigenvalue weighted by Crippen LogP contribution is -2.27. The van der Waals surface area contributed by atoms with Crippen molar-refractivity contribution in [3.05, 3.63) is 73.9 Å². The second-order valence-corrected chi connectivity index (χ2v) is 4.44. The Labute approximate surface area is 118 Å². The average molecular weight is 290 g/mol. The molecule has 0 aliphatic heterocycles. The van der Waals surface area contributed by atoms with Gasteiger partial charge in [0.2, 0.25) is 0 Å². The van der Waals surface area contributed by atoms with Gasteiger partial charge in [-0.2, -0.15) is 0 Å². The highest BCUT2D eigenvalue weighted by Gasteiger charge is 2.18. The number of aryl methyl sites for hydroxylation is 1. The number of nitrogens with zero attached hydrogens (tertiary/aromatic N) is 2. The monoisotopic (exact) mass is 290 g/mol. The maximum atomic E-state index is 12.8. The van der Waals surface area contributed by atoms with Gasteiger partial charge >= 0.3 is 11.2 Å². The topological polar surface area (TPSA) is 82.2 Å². The zero-order valence-corrected chi connectivity index (χ0v) is 11.1. The number of benzene rings is 1. The van der Waals surface area contributed by atoms with Gasteiger partial charge in [0, 0.05) is 17.3 Å². The van der Waals surface area contributed by atoms with Crippen LogP contribution in [0.4, 0.5) is 10.1 Å². The van der Waals surface area contributed by atoms with Gasteiger partial charge in [-0.3, -0.25) is 24.3 Å². The van der Waals surface area contributed by atoms with Crippen LogP contribution >= 0.6 is 0 Å². The molecule has 0 spiro atoms. The van der Waals surface area contributed by atoms with E-state index in [9.17, 15) is 24.1 Å². The number of nitro groups is 1. The lowest BCUT2D eigenvalue weighted by atomic mass is 10.1. The van der Waals surface area contributed by atoms with Crippen LogP contribution in [0.2, 0.25) is 0 Å². The number of pyridine rings is 1. The van der Waals surface area contributed by atoms with Gasteiger partial charge < -0.3 is 0 Å². The first-order valence-corrected chi connectivity index (χ1v) is 6.04. The molecule has 0 aliphatic carbocycles. The third-order valence-electron chi connectivity index (χ3n) is 3.04. The van der Waals surface area contributed by atoms with E-state index in [4.69, 9.17) is 0 Å². The van der Waals surface area contributed by atoms with Gasteiger partial charge in [0.05, 0.1) is 11.5 Å². The van der Waals surface area contributed by atoms with Gasteiger partial charge in [0.25, 0.3) is 0 Å². The van der Waals surface area contributed by atoms with Crippen molar-refractivity contribution >= 4 is 11.5 Å². The standard InChI is InChI=1S/C14H11FN2O4/c1-9-2-7-12(17(20)21)14(19)16(9)8-13(18)10-3-5-11(15)6-4-10/h2-7H,8H2,1H3. The molecule has 0 atom stereocenters. The summed E-state index contributed by atoms with van der Waals surface area (Å²) in [4.78, 5) is 34.0. The van der Waals surface area contributed by atoms with Crippen molar-refractivity contribution in [2.45, 2.75) is 13.5 Å². The van der Waals surface area contributed by atoms with E-state index in [-0.39, 0.29) is 12.1 Å². The highest BCUT2D eigenvalue weighted by Crippen LogP contribution is 2.09. The molecular weight excluding hydrogens is 279 g/mol. The van der Waals surface area contributed by atoms with Crippen molar-refractivity contribution in [3.8, 4) is 0 Å². The second kappa shape index (κ2) is 5.66. The molecule has 1 aromatic heterocycles. The maximum Gasteiger partial charge on any atom is 0.334 e. The van der Waals surface area contributed by atoms with Crippen LogP contribution in [-0.2, 0) is 6.54 Å². The summed E-state index contributed by atoms with van der Waals surface area (Å²) in [6.07, 6.45) is 0. The average Bonchev–Trinajstić information content (AvgIpc) is 2.43. The molecule has 0 unspecified atom stereocenters. The Bertz CT molecular complexity index is 766. The summed E-state index contributed by atoms with van der Waals surface area (Å²) < 4.78 is 13.8. The number of carbonyl (C=O) groups excluding carboxylic acids is 1. The van der Waals surface area contributed by atoms with Crippen LogP contribution in [0, 0.1) is 22.9 Å². The molecule has 6 nitrogen and oxygen atoms in total. The molecule has 0 aliphatic rings. The van der Waals surface area contributed by atoms with Crippen molar-refractivity contribution in [2.75, 3.05) is 0 Å². The fraction of sp³-hybridized carbons (Fsp3) is 0.143. The van der Waals surface area contributed by atoms with Crippen LogP contribution in [-0.4, -0.2) is 15.3 Å².